The lowest BCUT2D eigenvalue weighted by Gasteiger charge is -2.25. The molecule has 0 aliphatic carbocycles. The SMILES string of the molecule is CN1CCCN(C)C(C(=O)c2cccnc2)C1. The first-order valence-corrected chi connectivity index (χ1v) is 6.01. The van der Waals surface area contributed by atoms with E-state index in [0.29, 0.717) is 5.56 Å². The minimum atomic E-state index is -0.0494. The lowest BCUT2D eigenvalue weighted by molar-refractivity contribution is 0.0839. The van der Waals surface area contributed by atoms with E-state index < -0.39 is 0 Å². The summed E-state index contributed by atoms with van der Waals surface area (Å²) in [7, 11) is 4.10. The summed E-state index contributed by atoms with van der Waals surface area (Å²) in [6, 6.07) is 3.61. The van der Waals surface area contributed by atoms with Crippen molar-refractivity contribution in [3.63, 3.8) is 0 Å². The first kappa shape index (κ1) is 12.2. The number of ketones is 1. The summed E-state index contributed by atoms with van der Waals surface area (Å²) >= 11 is 0. The molecule has 1 unspecified atom stereocenters. The fraction of sp³-hybridized carbons (Fsp3) is 0.538. The largest absolute Gasteiger partial charge is 0.304 e. The Morgan fingerprint density at radius 3 is 2.94 bits per heavy atom. The van der Waals surface area contributed by atoms with Crippen LogP contribution >= 0.6 is 0 Å². The van der Waals surface area contributed by atoms with Crippen molar-refractivity contribution in [1.29, 1.82) is 0 Å². The first-order valence-electron chi connectivity index (χ1n) is 6.01. The molecule has 0 N–H and O–H groups in total. The fourth-order valence-electron chi connectivity index (χ4n) is 2.26. The molecule has 1 aliphatic heterocycles. The molecule has 1 saturated heterocycles. The number of hydrogen-bond donors (Lipinski definition) is 0. The van der Waals surface area contributed by atoms with Gasteiger partial charge >= 0.3 is 0 Å². The molecule has 1 atom stereocenters. The number of Topliss-reactive ketones (excluding diaryl/α,β-unsaturated/α-hetero) is 1. The standard InChI is InChI=1S/C13H19N3O/c1-15-7-4-8-16(2)12(10-15)13(17)11-5-3-6-14-9-11/h3,5-6,9,12H,4,7-8,10H2,1-2H3. The van der Waals surface area contributed by atoms with E-state index in [0.717, 1.165) is 26.1 Å². The summed E-state index contributed by atoms with van der Waals surface area (Å²) in [5.74, 6) is 0.175. The fourth-order valence-corrected chi connectivity index (χ4v) is 2.26. The zero-order valence-corrected chi connectivity index (χ0v) is 10.5. The maximum Gasteiger partial charge on any atom is 0.182 e. The maximum atomic E-state index is 12.4. The number of carbonyl (C=O) groups is 1. The van der Waals surface area contributed by atoms with Crippen molar-refractivity contribution < 1.29 is 4.79 Å². The van der Waals surface area contributed by atoms with Gasteiger partial charge in [0.05, 0.1) is 6.04 Å². The molecule has 17 heavy (non-hydrogen) atoms. The van der Waals surface area contributed by atoms with Crippen LogP contribution in [-0.4, -0.2) is 60.3 Å². The monoisotopic (exact) mass is 233 g/mol. The topological polar surface area (TPSA) is 36.4 Å². The highest BCUT2D eigenvalue weighted by Crippen LogP contribution is 2.12. The highest BCUT2D eigenvalue weighted by atomic mass is 16.1. The van der Waals surface area contributed by atoms with Crippen molar-refractivity contribution in [2.24, 2.45) is 0 Å². The van der Waals surface area contributed by atoms with Gasteiger partial charge in [-0.1, -0.05) is 0 Å². The number of nitrogens with zero attached hydrogens (tertiary/aromatic N) is 3. The van der Waals surface area contributed by atoms with Crippen LogP contribution in [0.5, 0.6) is 0 Å². The van der Waals surface area contributed by atoms with Crippen molar-refractivity contribution in [2.45, 2.75) is 12.5 Å². The number of hydrogen-bond acceptors (Lipinski definition) is 4. The molecule has 1 aliphatic rings. The third-order valence-corrected chi connectivity index (χ3v) is 3.32. The molecule has 92 valence electrons. The predicted molar refractivity (Wildman–Crippen MR) is 67.1 cm³/mol. The van der Waals surface area contributed by atoms with Gasteiger partial charge in [0.15, 0.2) is 5.78 Å². The summed E-state index contributed by atoms with van der Waals surface area (Å²) in [4.78, 5) is 20.8. The van der Waals surface area contributed by atoms with Gasteiger partial charge in [-0.2, -0.15) is 0 Å². The van der Waals surface area contributed by atoms with Crippen molar-refractivity contribution >= 4 is 5.78 Å². The maximum absolute atomic E-state index is 12.4. The van der Waals surface area contributed by atoms with Gasteiger partial charge in [-0.25, -0.2) is 0 Å². The van der Waals surface area contributed by atoms with Gasteiger partial charge in [-0.3, -0.25) is 14.7 Å². The second kappa shape index (κ2) is 5.38. The van der Waals surface area contributed by atoms with Crippen LogP contribution < -0.4 is 0 Å². The van der Waals surface area contributed by atoms with E-state index in [9.17, 15) is 4.79 Å². The lowest BCUT2D eigenvalue weighted by Crippen LogP contribution is -2.43. The summed E-state index contributed by atoms with van der Waals surface area (Å²) in [6.45, 7) is 2.83. The molecule has 1 fully saturated rings. The van der Waals surface area contributed by atoms with E-state index in [2.05, 4.69) is 21.8 Å². The third kappa shape index (κ3) is 2.90. The van der Waals surface area contributed by atoms with E-state index in [4.69, 9.17) is 0 Å². The van der Waals surface area contributed by atoms with Gasteiger partial charge in [0.1, 0.15) is 0 Å². The second-order valence-electron chi connectivity index (χ2n) is 4.72. The quantitative estimate of drug-likeness (QED) is 0.711. The van der Waals surface area contributed by atoms with Crippen molar-refractivity contribution in [3.05, 3.63) is 30.1 Å². The van der Waals surface area contributed by atoms with Crippen LogP contribution in [0.15, 0.2) is 24.5 Å². The first-order chi connectivity index (χ1) is 8.18. The van der Waals surface area contributed by atoms with Crippen LogP contribution in [0.25, 0.3) is 0 Å². The zero-order valence-electron chi connectivity index (χ0n) is 10.5. The Morgan fingerprint density at radius 2 is 2.24 bits per heavy atom. The summed E-state index contributed by atoms with van der Waals surface area (Å²) in [5.41, 5.74) is 0.708. The smallest absolute Gasteiger partial charge is 0.182 e. The Labute approximate surface area is 102 Å². The zero-order chi connectivity index (χ0) is 12.3. The van der Waals surface area contributed by atoms with Gasteiger partial charge in [-0.15, -0.1) is 0 Å². The Morgan fingerprint density at radius 1 is 1.41 bits per heavy atom. The molecule has 2 rings (SSSR count). The molecule has 0 aromatic carbocycles. The Balaban J connectivity index is 2.17. The van der Waals surface area contributed by atoms with Crippen LogP contribution in [0.4, 0.5) is 0 Å². The molecule has 0 amide bonds. The number of likely N-dealkylation sites (N-methyl/N-ethyl adjacent to an activating group) is 2. The van der Waals surface area contributed by atoms with Gasteiger partial charge < -0.3 is 4.90 Å². The molecule has 4 nitrogen and oxygen atoms in total. The van der Waals surface area contributed by atoms with E-state index >= 15 is 0 Å². The minimum Gasteiger partial charge on any atom is -0.304 e. The van der Waals surface area contributed by atoms with Crippen molar-refractivity contribution in [1.82, 2.24) is 14.8 Å². The highest BCUT2D eigenvalue weighted by Gasteiger charge is 2.27. The van der Waals surface area contributed by atoms with Crippen LogP contribution in [0, 0.1) is 0 Å². The summed E-state index contributed by atoms with van der Waals surface area (Å²) in [6.07, 6.45) is 4.46. The van der Waals surface area contributed by atoms with Crippen LogP contribution in [-0.2, 0) is 0 Å². The normalized spacial score (nSPS) is 23.3. The number of pyridine rings is 1. The molecule has 1 aromatic heterocycles. The summed E-state index contributed by atoms with van der Waals surface area (Å²) in [5, 5.41) is 0. The van der Waals surface area contributed by atoms with Gasteiger partial charge in [0.25, 0.3) is 0 Å². The Bertz CT molecular complexity index is 380. The van der Waals surface area contributed by atoms with E-state index in [-0.39, 0.29) is 11.8 Å². The number of rotatable bonds is 2. The van der Waals surface area contributed by atoms with E-state index in [1.54, 1.807) is 12.4 Å². The average molecular weight is 233 g/mol. The van der Waals surface area contributed by atoms with Gasteiger partial charge in [0.2, 0.25) is 0 Å². The predicted octanol–water partition coefficient (Wildman–Crippen LogP) is 0.900. The molecular formula is C13H19N3O. The van der Waals surface area contributed by atoms with Crippen molar-refractivity contribution in [2.75, 3.05) is 33.7 Å². The van der Waals surface area contributed by atoms with Crippen LogP contribution in [0.1, 0.15) is 16.8 Å². The second-order valence-corrected chi connectivity index (χ2v) is 4.72. The minimum absolute atomic E-state index is 0.0494. The van der Waals surface area contributed by atoms with Gasteiger partial charge in [-0.05, 0) is 45.7 Å². The third-order valence-electron chi connectivity index (χ3n) is 3.32. The van der Waals surface area contributed by atoms with E-state index in [1.807, 2.05) is 19.2 Å². The van der Waals surface area contributed by atoms with Crippen molar-refractivity contribution in [3.8, 4) is 0 Å². The molecular weight excluding hydrogens is 214 g/mol. The molecule has 0 bridgehead atoms. The molecule has 0 spiro atoms. The van der Waals surface area contributed by atoms with Gasteiger partial charge in [0, 0.05) is 24.5 Å². The van der Waals surface area contributed by atoms with Crippen LogP contribution in [0.2, 0.25) is 0 Å². The lowest BCUT2D eigenvalue weighted by atomic mass is 10.0. The van der Waals surface area contributed by atoms with Crippen LogP contribution in [0.3, 0.4) is 0 Å². The number of carbonyl (C=O) groups excluding carboxylic acids is 1. The molecule has 1 aromatic rings. The highest BCUT2D eigenvalue weighted by molar-refractivity contribution is 6.00. The Hall–Kier alpha value is -1.26. The average Bonchev–Trinajstić information content (AvgIpc) is 2.51. The molecule has 4 heteroatoms. The number of aromatic nitrogens is 1. The Kier molecular flexibility index (Phi) is 3.86. The molecule has 0 saturated carbocycles. The molecule has 2 heterocycles. The van der Waals surface area contributed by atoms with E-state index in [1.165, 1.54) is 0 Å². The molecule has 0 radical (unpaired) electrons. The summed E-state index contributed by atoms with van der Waals surface area (Å²) < 4.78 is 0.